The van der Waals surface area contributed by atoms with E-state index < -0.39 is 9.84 Å². The van der Waals surface area contributed by atoms with Gasteiger partial charge in [0.15, 0.2) is 9.84 Å². The highest BCUT2D eigenvalue weighted by Gasteiger charge is 2.25. The zero-order valence-electron chi connectivity index (χ0n) is 10.4. The number of rotatable bonds is 3. The second-order valence-corrected chi connectivity index (χ2v) is 7.24. The molecule has 6 heteroatoms. The lowest BCUT2D eigenvalue weighted by atomic mass is 10.2. The van der Waals surface area contributed by atoms with Crippen LogP contribution in [0.15, 0.2) is 0 Å². The molecule has 0 aromatic heterocycles. The van der Waals surface area contributed by atoms with Gasteiger partial charge in [-0.1, -0.05) is 0 Å². The third-order valence-corrected chi connectivity index (χ3v) is 5.31. The van der Waals surface area contributed by atoms with Crippen LogP contribution in [0.4, 0.5) is 0 Å². The standard InChI is InChI=1S/C11H22N2O3S/c1-10-8-16-6-5-13(10)4-2-11-9-17(14,15)7-3-12-11/h10-12H,2-9H2,1H3. The van der Waals surface area contributed by atoms with Crippen molar-refractivity contribution in [3.63, 3.8) is 0 Å². The largest absolute Gasteiger partial charge is 0.379 e. The van der Waals surface area contributed by atoms with Crippen LogP contribution in [-0.2, 0) is 14.6 Å². The SMILES string of the molecule is CC1COCCN1CCC1CS(=O)(=O)CCN1. The third-order valence-electron chi connectivity index (χ3n) is 3.57. The Balaban J connectivity index is 1.77. The van der Waals surface area contributed by atoms with Crippen molar-refractivity contribution in [1.29, 1.82) is 0 Å². The fourth-order valence-electron chi connectivity index (χ4n) is 2.47. The van der Waals surface area contributed by atoms with Gasteiger partial charge in [-0.15, -0.1) is 0 Å². The molecule has 5 nitrogen and oxygen atoms in total. The molecule has 2 heterocycles. The van der Waals surface area contributed by atoms with Crippen molar-refractivity contribution in [1.82, 2.24) is 10.2 Å². The second-order valence-electron chi connectivity index (χ2n) is 5.01. The van der Waals surface area contributed by atoms with Crippen molar-refractivity contribution in [2.75, 3.05) is 44.4 Å². The van der Waals surface area contributed by atoms with Gasteiger partial charge in [-0.2, -0.15) is 0 Å². The molecule has 2 fully saturated rings. The summed E-state index contributed by atoms with van der Waals surface area (Å²) in [7, 11) is -2.80. The van der Waals surface area contributed by atoms with E-state index in [0.717, 1.165) is 32.7 Å². The fourth-order valence-corrected chi connectivity index (χ4v) is 3.96. The van der Waals surface area contributed by atoms with Crippen LogP contribution in [0.5, 0.6) is 0 Å². The lowest BCUT2D eigenvalue weighted by Crippen LogP contribution is -2.49. The average molecular weight is 262 g/mol. The first-order valence-corrected chi connectivity index (χ1v) is 8.14. The molecule has 0 saturated carbocycles. The normalized spacial score (nSPS) is 34.6. The number of hydrogen-bond donors (Lipinski definition) is 1. The first-order chi connectivity index (χ1) is 8.07. The van der Waals surface area contributed by atoms with Crippen molar-refractivity contribution in [2.45, 2.75) is 25.4 Å². The minimum atomic E-state index is -2.80. The molecule has 0 bridgehead atoms. The molecule has 0 amide bonds. The van der Waals surface area contributed by atoms with Gasteiger partial charge in [-0.25, -0.2) is 8.42 Å². The van der Waals surface area contributed by atoms with Crippen LogP contribution < -0.4 is 5.32 Å². The van der Waals surface area contributed by atoms with Gasteiger partial charge in [0.1, 0.15) is 0 Å². The van der Waals surface area contributed by atoms with Crippen LogP contribution in [0.1, 0.15) is 13.3 Å². The van der Waals surface area contributed by atoms with Gasteiger partial charge in [0.05, 0.1) is 24.7 Å². The van der Waals surface area contributed by atoms with Crippen LogP contribution in [0, 0.1) is 0 Å². The van der Waals surface area contributed by atoms with E-state index in [1.54, 1.807) is 0 Å². The van der Waals surface area contributed by atoms with E-state index in [9.17, 15) is 8.42 Å². The van der Waals surface area contributed by atoms with Gasteiger partial charge >= 0.3 is 0 Å². The molecule has 2 aliphatic heterocycles. The number of sulfone groups is 1. The van der Waals surface area contributed by atoms with E-state index in [4.69, 9.17) is 4.74 Å². The van der Waals surface area contributed by atoms with E-state index in [1.165, 1.54) is 0 Å². The highest BCUT2D eigenvalue weighted by atomic mass is 32.2. The van der Waals surface area contributed by atoms with Crippen LogP contribution in [-0.4, -0.2) is 69.8 Å². The molecule has 2 atom stereocenters. The smallest absolute Gasteiger partial charge is 0.153 e. The summed E-state index contributed by atoms with van der Waals surface area (Å²) in [5, 5.41) is 3.29. The lowest BCUT2D eigenvalue weighted by Gasteiger charge is -2.34. The minimum absolute atomic E-state index is 0.129. The Bertz CT molecular complexity index is 345. The maximum absolute atomic E-state index is 11.5. The molecule has 2 aliphatic rings. The summed E-state index contributed by atoms with van der Waals surface area (Å²) in [5.41, 5.74) is 0. The molecule has 0 aliphatic carbocycles. The Kier molecular flexibility index (Phi) is 4.41. The van der Waals surface area contributed by atoms with Crippen molar-refractivity contribution in [3.05, 3.63) is 0 Å². The summed E-state index contributed by atoms with van der Waals surface area (Å²) in [4.78, 5) is 2.38. The number of morpholine rings is 1. The summed E-state index contributed by atoms with van der Waals surface area (Å²) in [6.45, 7) is 6.26. The molecule has 2 rings (SSSR count). The zero-order valence-corrected chi connectivity index (χ0v) is 11.2. The zero-order chi connectivity index (χ0) is 12.3. The highest BCUT2D eigenvalue weighted by Crippen LogP contribution is 2.10. The Morgan fingerprint density at radius 3 is 3.00 bits per heavy atom. The summed E-state index contributed by atoms with van der Waals surface area (Å²) in [5.74, 6) is 0.586. The molecule has 17 heavy (non-hydrogen) atoms. The molecule has 0 spiro atoms. The predicted octanol–water partition coefficient (Wildman–Crippen LogP) is -0.516. The first kappa shape index (κ1) is 13.3. The molecule has 2 unspecified atom stereocenters. The van der Waals surface area contributed by atoms with E-state index in [2.05, 4.69) is 17.1 Å². The average Bonchev–Trinajstić information content (AvgIpc) is 2.27. The quantitative estimate of drug-likeness (QED) is 0.742. The van der Waals surface area contributed by atoms with Crippen LogP contribution in [0.25, 0.3) is 0 Å². The molecule has 100 valence electrons. The van der Waals surface area contributed by atoms with E-state index in [1.807, 2.05) is 0 Å². The van der Waals surface area contributed by atoms with Crippen LogP contribution in [0.2, 0.25) is 0 Å². The summed E-state index contributed by atoms with van der Waals surface area (Å²) in [6, 6.07) is 0.577. The van der Waals surface area contributed by atoms with Crippen molar-refractivity contribution in [3.8, 4) is 0 Å². The van der Waals surface area contributed by atoms with E-state index in [0.29, 0.717) is 18.3 Å². The molecular formula is C11H22N2O3S. The molecule has 1 N–H and O–H groups in total. The molecule has 2 saturated heterocycles. The maximum Gasteiger partial charge on any atom is 0.153 e. The van der Waals surface area contributed by atoms with Crippen molar-refractivity contribution < 1.29 is 13.2 Å². The Morgan fingerprint density at radius 1 is 1.47 bits per heavy atom. The predicted molar refractivity (Wildman–Crippen MR) is 66.9 cm³/mol. The van der Waals surface area contributed by atoms with Gasteiger partial charge in [-0.3, -0.25) is 4.90 Å². The van der Waals surface area contributed by atoms with Gasteiger partial charge < -0.3 is 10.1 Å². The number of hydrogen-bond acceptors (Lipinski definition) is 5. The van der Waals surface area contributed by atoms with Crippen molar-refractivity contribution in [2.24, 2.45) is 0 Å². The maximum atomic E-state index is 11.5. The Hall–Kier alpha value is -0.170. The van der Waals surface area contributed by atoms with Crippen LogP contribution in [0.3, 0.4) is 0 Å². The minimum Gasteiger partial charge on any atom is -0.379 e. The lowest BCUT2D eigenvalue weighted by molar-refractivity contribution is -0.00156. The fraction of sp³-hybridized carbons (Fsp3) is 1.00. The Labute approximate surface area is 103 Å². The molecular weight excluding hydrogens is 240 g/mol. The van der Waals surface area contributed by atoms with Crippen LogP contribution >= 0.6 is 0 Å². The topological polar surface area (TPSA) is 58.6 Å². The third kappa shape index (κ3) is 3.91. The van der Waals surface area contributed by atoms with E-state index in [-0.39, 0.29) is 11.8 Å². The van der Waals surface area contributed by atoms with E-state index >= 15 is 0 Å². The highest BCUT2D eigenvalue weighted by molar-refractivity contribution is 7.91. The van der Waals surface area contributed by atoms with Gasteiger partial charge in [-0.05, 0) is 13.3 Å². The van der Waals surface area contributed by atoms with Crippen molar-refractivity contribution >= 4 is 9.84 Å². The second kappa shape index (κ2) is 5.65. The monoisotopic (exact) mass is 262 g/mol. The number of nitrogens with one attached hydrogen (secondary N) is 1. The first-order valence-electron chi connectivity index (χ1n) is 6.32. The Morgan fingerprint density at radius 2 is 2.29 bits per heavy atom. The summed E-state index contributed by atoms with van der Waals surface area (Å²) < 4.78 is 28.4. The number of nitrogens with zero attached hydrogens (tertiary/aromatic N) is 1. The summed E-state index contributed by atoms with van der Waals surface area (Å²) >= 11 is 0. The van der Waals surface area contributed by atoms with Gasteiger partial charge in [0.2, 0.25) is 0 Å². The summed E-state index contributed by atoms with van der Waals surface area (Å²) in [6.07, 6.45) is 0.906. The van der Waals surface area contributed by atoms with Gasteiger partial charge in [0.25, 0.3) is 0 Å². The molecule has 0 aromatic rings. The van der Waals surface area contributed by atoms with Gasteiger partial charge in [0, 0.05) is 31.7 Å². The molecule has 0 radical (unpaired) electrons. The molecule has 0 aromatic carbocycles. The number of ether oxygens (including phenoxy) is 1.